The van der Waals surface area contributed by atoms with Crippen LogP contribution in [0.15, 0.2) is 12.1 Å². The first-order valence-corrected chi connectivity index (χ1v) is 6.87. The van der Waals surface area contributed by atoms with E-state index in [1.54, 1.807) is 7.11 Å². The number of hydrogen-bond acceptors (Lipinski definition) is 3. The molecule has 18 heavy (non-hydrogen) atoms. The third kappa shape index (κ3) is 3.30. The molecule has 0 aromatic heterocycles. The van der Waals surface area contributed by atoms with E-state index in [2.05, 4.69) is 17.6 Å². The number of benzene rings is 1. The second-order valence-electron chi connectivity index (χ2n) is 4.88. The maximum atomic E-state index is 6.15. The highest BCUT2D eigenvalue weighted by Crippen LogP contribution is 2.30. The first-order valence-electron chi connectivity index (χ1n) is 6.49. The van der Waals surface area contributed by atoms with Gasteiger partial charge in [0.2, 0.25) is 0 Å². The molecular weight excluding hydrogens is 248 g/mol. The smallest absolute Gasteiger partial charge is 0.137 e. The van der Waals surface area contributed by atoms with E-state index in [9.17, 15) is 0 Å². The minimum atomic E-state index is 0.663. The van der Waals surface area contributed by atoms with Gasteiger partial charge in [0.25, 0.3) is 0 Å². The van der Waals surface area contributed by atoms with Crippen molar-refractivity contribution in [2.45, 2.75) is 19.8 Å². The third-order valence-electron chi connectivity index (χ3n) is 3.54. The average molecular weight is 269 g/mol. The largest absolute Gasteiger partial charge is 0.495 e. The number of aryl methyl sites for hydroxylation is 1. The van der Waals surface area contributed by atoms with Crippen LogP contribution in [0.4, 0.5) is 5.69 Å². The topological polar surface area (TPSA) is 33.3 Å². The van der Waals surface area contributed by atoms with Gasteiger partial charge in [-0.2, -0.15) is 0 Å². The quantitative estimate of drug-likeness (QED) is 0.881. The molecule has 0 bridgehead atoms. The summed E-state index contributed by atoms with van der Waals surface area (Å²) in [6.45, 7) is 5.36. The van der Waals surface area contributed by atoms with Crippen LogP contribution < -0.4 is 15.4 Å². The van der Waals surface area contributed by atoms with Gasteiger partial charge in [0.05, 0.1) is 12.1 Å². The third-order valence-corrected chi connectivity index (χ3v) is 3.83. The Labute approximate surface area is 114 Å². The molecule has 4 heteroatoms. The van der Waals surface area contributed by atoms with E-state index in [1.165, 1.54) is 18.4 Å². The van der Waals surface area contributed by atoms with Gasteiger partial charge < -0.3 is 15.4 Å². The Bertz CT molecular complexity index is 403. The lowest BCUT2D eigenvalue weighted by atomic mass is 9.98. The van der Waals surface area contributed by atoms with Gasteiger partial charge in [0.15, 0.2) is 0 Å². The molecule has 0 atom stereocenters. The fourth-order valence-corrected chi connectivity index (χ4v) is 2.58. The monoisotopic (exact) mass is 268 g/mol. The normalized spacial score (nSPS) is 16.6. The zero-order valence-corrected chi connectivity index (χ0v) is 11.8. The van der Waals surface area contributed by atoms with Crippen molar-refractivity contribution in [3.8, 4) is 5.75 Å². The molecule has 0 amide bonds. The number of hydrogen-bond donors (Lipinski definition) is 2. The molecule has 1 saturated heterocycles. The molecule has 1 heterocycles. The lowest BCUT2D eigenvalue weighted by Crippen LogP contribution is -2.31. The zero-order valence-electron chi connectivity index (χ0n) is 11.1. The highest BCUT2D eigenvalue weighted by Gasteiger charge is 2.13. The van der Waals surface area contributed by atoms with E-state index >= 15 is 0 Å². The number of ether oxygens (including phenoxy) is 1. The Morgan fingerprint density at radius 3 is 2.78 bits per heavy atom. The first-order chi connectivity index (χ1) is 8.70. The number of piperidine rings is 1. The van der Waals surface area contributed by atoms with Crippen LogP contribution in [-0.2, 0) is 0 Å². The summed E-state index contributed by atoms with van der Waals surface area (Å²) in [6.07, 6.45) is 2.49. The molecule has 100 valence electrons. The van der Waals surface area contributed by atoms with Gasteiger partial charge in [-0.05, 0) is 56.5 Å². The Morgan fingerprint density at radius 1 is 1.39 bits per heavy atom. The summed E-state index contributed by atoms with van der Waals surface area (Å²) in [6, 6.07) is 3.93. The lowest BCUT2D eigenvalue weighted by molar-refractivity contribution is 0.390. The van der Waals surface area contributed by atoms with Crippen LogP contribution in [0.1, 0.15) is 18.4 Å². The van der Waals surface area contributed by atoms with Crippen LogP contribution in [0.25, 0.3) is 0 Å². The van der Waals surface area contributed by atoms with Crippen LogP contribution in [0.3, 0.4) is 0 Å². The molecule has 2 N–H and O–H groups in total. The van der Waals surface area contributed by atoms with Crippen LogP contribution in [0.5, 0.6) is 5.75 Å². The Kier molecular flexibility index (Phi) is 4.72. The Morgan fingerprint density at radius 2 is 2.11 bits per heavy atom. The number of anilines is 1. The van der Waals surface area contributed by atoms with Crippen molar-refractivity contribution in [2.75, 3.05) is 32.1 Å². The predicted molar refractivity (Wildman–Crippen MR) is 76.8 cm³/mol. The van der Waals surface area contributed by atoms with E-state index in [1.807, 2.05) is 12.1 Å². The summed E-state index contributed by atoms with van der Waals surface area (Å²) >= 11 is 6.15. The molecule has 3 nitrogen and oxygen atoms in total. The van der Waals surface area contributed by atoms with Crippen molar-refractivity contribution in [3.63, 3.8) is 0 Å². The number of halogens is 1. The van der Waals surface area contributed by atoms with Gasteiger partial charge in [0, 0.05) is 12.2 Å². The molecular formula is C14H21ClN2O. The second-order valence-corrected chi connectivity index (χ2v) is 5.28. The van der Waals surface area contributed by atoms with Gasteiger partial charge >= 0.3 is 0 Å². The summed E-state index contributed by atoms with van der Waals surface area (Å²) in [7, 11) is 1.64. The molecule has 1 aliphatic heterocycles. The van der Waals surface area contributed by atoms with E-state index in [0.29, 0.717) is 5.02 Å². The minimum absolute atomic E-state index is 0.663. The summed E-state index contributed by atoms with van der Waals surface area (Å²) in [5, 5.41) is 7.55. The number of rotatable bonds is 4. The highest BCUT2D eigenvalue weighted by atomic mass is 35.5. The maximum absolute atomic E-state index is 6.15. The molecule has 0 unspecified atom stereocenters. The zero-order chi connectivity index (χ0) is 13.0. The second kappa shape index (κ2) is 6.30. The molecule has 1 fully saturated rings. The van der Waals surface area contributed by atoms with Gasteiger partial charge in [-0.3, -0.25) is 0 Å². The van der Waals surface area contributed by atoms with Crippen molar-refractivity contribution in [1.29, 1.82) is 0 Å². The van der Waals surface area contributed by atoms with E-state index in [4.69, 9.17) is 16.3 Å². The fraction of sp³-hybridized carbons (Fsp3) is 0.571. The summed E-state index contributed by atoms with van der Waals surface area (Å²) in [5.74, 6) is 1.49. The molecule has 1 aromatic carbocycles. The summed E-state index contributed by atoms with van der Waals surface area (Å²) in [5.41, 5.74) is 2.28. The molecule has 2 rings (SSSR count). The average Bonchev–Trinajstić information content (AvgIpc) is 2.40. The Hall–Kier alpha value is -0.930. The summed E-state index contributed by atoms with van der Waals surface area (Å²) < 4.78 is 5.21. The standard InChI is InChI=1S/C14H21ClN2O/c1-10-7-14(18-2)12(15)8-13(10)17-9-11-3-5-16-6-4-11/h7-8,11,16-17H,3-6,9H2,1-2H3. The van der Waals surface area contributed by atoms with Crippen LogP contribution >= 0.6 is 11.6 Å². The molecule has 0 saturated carbocycles. The molecule has 1 aromatic rings. The van der Waals surface area contributed by atoms with Crippen LogP contribution in [-0.4, -0.2) is 26.7 Å². The highest BCUT2D eigenvalue weighted by molar-refractivity contribution is 6.32. The molecule has 0 spiro atoms. The van der Waals surface area contributed by atoms with Crippen molar-refractivity contribution in [3.05, 3.63) is 22.7 Å². The van der Waals surface area contributed by atoms with Crippen molar-refractivity contribution < 1.29 is 4.74 Å². The van der Waals surface area contributed by atoms with Gasteiger partial charge in [-0.1, -0.05) is 11.6 Å². The van der Waals surface area contributed by atoms with Gasteiger partial charge in [0.1, 0.15) is 5.75 Å². The molecule has 0 radical (unpaired) electrons. The first kappa shape index (κ1) is 13.5. The Balaban J connectivity index is 1.98. The maximum Gasteiger partial charge on any atom is 0.137 e. The molecule has 0 aliphatic carbocycles. The fourth-order valence-electron chi connectivity index (χ4n) is 2.34. The van der Waals surface area contributed by atoms with Crippen LogP contribution in [0.2, 0.25) is 5.02 Å². The van der Waals surface area contributed by atoms with Crippen molar-refractivity contribution in [2.24, 2.45) is 5.92 Å². The van der Waals surface area contributed by atoms with Crippen molar-refractivity contribution >= 4 is 17.3 Å². The van der Waals surface area contributed by atoms with Gasteiger partial charge in [-0.25, -0.2) is 0 Å². The van der Waals surface area contributed by atoms with Crippen molar-refractivity contribution in [1.82, 2.24) is 5.32 Å². The molecule has 1 aliphatic rings. The van der Waals surface area contributed by atoms with Gasteiger partial charge in [-0.15, -0.1) is 0 Å². The van der Waals surface area contributed by atoms with E-state index in [0.717, 1.165) is 37.0 Å². The predicted octanol–water partition coefficient (Wildman–Crippen LogP) is 3.07. The number of nitrogens with one attached hydrogen (secondary N) is 2. The van der Waals surface area contributed by atoms with Crippen LogP contribution in [0, 0.1) is 12.8 Å². The van der Waals surface area contributed by atoms with E-state index in [-0.39, 0.29) is 0 Å². The summed E-state index contributed by atoms with van der Waals surface area (Å²) in [4.78, 5) is 0. The SMILES string of the molecule is COc1cc(C)c(NCC2CCNCC2)cc1Cl. The van der Waals surface area contributed by atoms with E-state index < -0.39 is 0 Å². The lowest BCUT2D eigenvalue weighted by Gasteiger charge is -2.24. The number of methoxy groups -OCH3 is 1. The minimum Gasteiger partial charge on any atom is -0.495 e.